The molecule has 0 unspecified atom stereocenters. The number of nitrogens with zero attached hydrogens (tertiary/aromatic N) is 1. The number of aromatic nitrogens is 2. The van der Waals surface area contributed by atoms with Crippen LogP contribution in [0, 0.1) is 5.41 Å². The van der Waals surface area contributed by atoms with E-state index in [9.17, 15) is 4.79 Å². The van der Waals surface area contributed by atoms with Crippen LogP contribution in [0.1, 0.15) is 56.8 Å². The van der Waals surface area contributed by atoms with Crippen LogP contribution in [0.5, 0.6) is 0 Å². The average Bonchev–Trinajstić information content (AvgIpc) is 2.73. The number of nitrogens with one attached hydrogen (secondary N) is 2. The fourth-order valence-electron chi connectivity index (χ4n) is 1.83. The highest BCUT2D eigenvalue weighted by molar-refractivity contribution is 5.98. The Balaban J connectivity index is 2.40. The minimum atomic E-state index is -0.162. The van der Waals surface area contributed by atoms with Crippen molar-refractivity contribution in [1.82, 2.24) is 15.5 Å². The largest absolute Gasteiger partial charge is 0.383 e. The highest BCUT2D eigenvalue weighted by Gasteiger charge is 2.19. The predicted molar refractivity (Wildman–Crippen MR) is 73.3 cm³/mol. The Morgan fingerprint density at radius 2 is 2.22 bits per heavy atom. The lowest BCUT2D eigenvalue weighted by Crippen LogP contribution is -2.34. The quantitative estimate of drug-likeness (QED) is 0.651. The fourth-order valence-corrected chi connectivity index (χ4v) is 1.83. The van der Waals surface area contributed by atoms with Gasteiger partial charge < -0.3 is 11.1 Å². The number of nitrogens with two attached hydrogens (primary N) is 1. The number of nitrogen functional groups attached to an aromatic ring is 1. The topological polar surface area (TPSA) is 83.8 Å². The summed E-state index contributed by atoms with van der Waals surface area (Å²) in [5.41, 5.74) is 6.13. The lowest BCUT2D eigenvalue weighted by atomic mass is 9.87. The number of carbonyl (C=O) groups is 1. The van der Waals surface area contributed by atoms with E-state index in [0.717, 1.165) is 6.42 Å². The molecule has 1 aromatic heterocycles. The van der Waals surface area contributed by atoms with Gasteiger partial charge in [0.25, 0.3) is 5.91 Å². The first-order chi connectivity index (χ1) is 8.46. The first-order valence-electron chi connectivity index (χ1n) is 6.53. The standard InChI is InChI=1S/C13H24N4O/c1-4-5-6-7-13(2,3)9-15-12(18)10-8-16-17-11(10)14/h8H,4-7,9H2,1-3H3,(H,15,18)(H3,14,16,17). The van der Waals surface area contributed by atoms with E-state index in [2.05, 4.69) is 36.3 Å². The summed E-state index contributed by atoms with van der Waals surface area (Å²) in [5, 5.41) is 9.21. The fraction of sp³-hybridized carbons (Fsp3) is 0.692. The van der Waals surface area contributed by atoms with Gasteiger partial charge in [0, 0.05) is 6.54 Å². The molecule has 0 saturated carbocycles. The molecule has 0 aliphatic heterocycles. The van der Waals surface area contributed by atoms with E-state index < -0.39 is 0 Å². The smallest absolute Gasteiger partial charge is 0.256 e. The van der Waals surface area contributed by atoms with Gasteiger partial charge in [-0.25, -0.2) is 0 Å². The van der Waals surface area contributed by atoms with E-state index in [1.54, 1.807) is 0 Å². The van der Waals surface area contributed by atoms with Crippen molar-refractivity contribution in [1.29, 1.82) is 0 Å². The van der Waals surface area contributed by atoms with E-state index in [4.69, 9.17) is 5.73 Å². The third-order valence-corrected chi connectivity index (χ3v) is 3.10. The van der Waals surface area contributed by atoms with Gasteiger partial charge >= 0.3 is 0 Å². The van der Waals surface area contributed by atoms with E-state index in [0.29, 0.717) is 17.9 Å². The number of hydrogen-bond donors (Lipinski definition) is 3. The summed E-state index contributed by atoms with van der Waals surface area (Å²) >= 11 is 0. The lowest BCUT2D eigenvalue weighted by Gasteiger charge is -2.24. The summed E-state index contributed by atoms with van der Waals surface area (Å²) in [6.45, 7) is 7.18. The molecule has 102 valence electrons. The molecule has 0 aliphatic rings. The van der Waals surface area contributed by atoms with Crippen molar-refractivity contribution < 1.29 is 4.79 Å². The Morgan fingerprint density at radius 1 is 1.50 bits per heavy atom. The molecule has 1 rings (SSSR count). The highest BCUT2D eigenvalue weighted by atomic mass is 16.1. The van der Waals surface area contributed by atoms with Gasteiger partial charge in [0.15, 0.2) is 0 Å². The zero-order valence-electron chi connectivity index (χ0n) is 11.5. The van der Waals surface area contributed by atoms with Crippen molar-refractivity contribution in [3.63, 3.8) is 0 Å². The number of H-pyrrole nitrogens is 1. The first-order valence-corrected chi connectivity index (χ1v) is 6.53. The summed E-state index contributed by atoms with van der Waals surface area (Å²) in [7, 11) is 0. The molecule has 0 aliphatic carbocycles. The van der Waals surface area contributed by atoms with Crippen molar-refractivity contribution in [2.45, 2.75) is 46.5 Å². The van der Waals surface area contributed by atoms with Gasteiger partial charge in [0.1, 0.15) is 11.4 Å². The maximum Gasteiger partial charge on any atom is 0.256 e. The van der Waals surface area contributed by atoms with Crippen LogP contribution in [0.2, 0.25) is 0 Å². The Labute approximate surface area is 109 Å². The number of aromatic amines is 1. The van der Waals surface area contributed by atoms with Crippen LogP contribution in [0.3, 0.4) is 0 Å². The SMILES string of the molecule is CCCCCC(C)(C)CNC(=O)c1cn[nH]c1N. The first kappa shape index (κ1) is 14.5. The molecule has 0 aromatic carbocycles. The number of anilines is 1. The minimum absolute atomic E-state index is 0.114. The number of amides is 1. The van der Waals surface area contributed by atoms with Crippen LogP contribution in [0.25, 0.3) is 0 Å². The molecular formula is C13H24N4O. The molecule has 0 radical (unpaired) electrons. The molecule has 0 bridgehead atoms. The Bertz CT molecular complexity index is 384. The summed E-state index contributed by atoms with van der Waals surface area (Å²) < 4.78 is 0. The summed E-state index contributed by atoms with van der Waals surface area (Å²) in [6.07, 6.45) is 6.23. The zero-order valence-corrected chi connectivity index (χ0v) is 11.5. The van der Waals surface area contributed by atoms with Gasteiger partial charge in [-0.15, -0.1) is 0 Å². The third-order valence-electron chi connectivity index (χ3n) is 3.10. The van der Waals surface area contributed by atoms with Crippen LogP contribution in [-0.4, -0.2) is 22.6 Å². The van der Waals surface area contributed by atoms with Crippen LogP contribution in [0.4, 0.5) is 5.82 Å². The van der Waals surface area contributed by atoms with Crippen LogP contribution in [-0.2, 0) is 0 Å². The summed E-state index contributed by atoms with van der Waals surface area (Å²) in [6, 6.07) is 0. The number of rotatable bonds is 7. The van der Waals surface area contributed by atoms with Crippen LogP contribution < -0.4 is 11.1 Å². The van der Waals surface area contributed by atoms with E-state index in [-0.39, 0.29) is 11.3 Å². The Kier molecular flexibility index (Phi) is 5.19. The van der Waals surface area contributed by atoms with Gasteiger partial charge in [-0.2, -0.15) is 5.10 Å². The molecule has 18 heavy (non-hydrogen) atoms. The van der Waals surface area contributed by atoms with Crippen molar-refractivity contribution in [3.8, 4) is 0 Å². The Hall–Kier alpha value is -1.52. The minimum Gasteiger partial charge on any atom is -0.383 e. The molecule has 0 atom stereocenters. The maximum atomic E-state index is 11.9. The normalized spacial score (nSPS) is 11.5. The maximum absolute atomic E-state index is 11.9. The van der Waals surface area contributed by atoms with Gasteiger partial charge in [0.05, 0.1) is 6.20 Å². The monoisotopic (exact) mass is 252 g/mol. The number of unbranched alkanes of at least 4 members (excludes halogenated alkanes) is 2. The molecular weight excluding hydrogens is 228 g/mol. The summed E-state index contributed by atoms with van der Waals surface area (Å²) in [4.78, 5) is 11.9. The molecule has 0 spiro atoms. The third kappa shape index (κ3) is 4.39. The molecule has 1 heterocycles. The van der Waals surface area contributed by atoms with Gasteiger partial charge in [-0.05, 0) is 11.8 Å². The van der Waals surface area contributed by atoms with E-state index >= 15 is 0 Å². The van der Waals surface area contributed by atoms with Crippen molar-refractivity contribution in [2.24, 2.45) is 5.41 Å². The van der Waals surface area contributed by atoms with Crippen molar-refractivity contribution in [3.05, 3.63) is 11.8 Å². The molecule has 1 aromatic rings. The lowest BCUT2D eigenvalue weighted by molar-refractivity contribution is 0.0935. The number of carbonyl (C=O) groups excluding carboxylic acids is 1. The average molecular weight is 252 g/mol. The number of hydrogen-bond acceptors (Lipinski definition) is 3. The van der Waals surface area contributed by atoms with E-state index in [1.165, 1.54) is 25.5 Å². The molecule has 0 saturated heterocycles. The zero-order chi connectivity index (χ0) is 13.6. The second-order valence-corrected chi connectivity index (χ2v) is 5.50. The Morgan fingerprint density at radius 3 is 2.78 bits per heavy atom. The van der Waals surface area contributed by atoms with E-state index in [1.807, 2.05) is 0 Å². The van der Waals surface area contributed by atoms with Crippen LogP contribution >= 0.6 is 0 Å². The molecule has 1 amide bonds. The second kappa shape index (κ2) is 6.42. The van der Waals surface area contributed by atoms with Gasteiger partial charge in [-0.1, -0.05) is 40.0 Å². The van der Waals surface area contributed by atoms with Gasteiger partial charge in [0.2, 0.25) is 0 Å². The van der Waals surface area contributed by atoms with Crippen molar-refractivity contribution >= 4 is 11.7 Å². The summed E-state index contributed by atoms with van der Waals surface area (Å²) in [5.74, 6) is 0.154. The second-order valence-electron chi connectivity index (χ2n) is 5.50. The predicted octanol–water partition coefficient (Wildman–Crippen LogP) is 2.33. The van der Waals surface area contributed by atoms with Gasteiger partial charge in [-0.3, -0.25) is 9.89 Å². The molecule has 4 N–H and O–H groups in total. The van der Waals surface area contributed by atoms with Crippen molar-refractivity contribution in [2.75, 3.05) is 12.3 Å². The molecule has 5 nitrogen and oxygen atoms in total. The molecule has 5 heteroatoms. The highest BCUT2D eigenvalue weighted by Crippen LogP contribution is 2.22. The molecule has 0 fully saturated rings. The van der Waals surface area contributed by atoms with Crippen LogP contribution in [0.15, 0.2) is 6.20 Å².